The van der Waals surface area contributed by atoms with Crippen molar-refractivity contribution < 1.29 is 9.53 Å². The minimum atomic E-state index is -0.178. The van der Waals surface area contributed by atoms with Gasteiger partial charge in [-0.25, -0.2) is 9.78 Å². The smallest absolute Gasteiger partial charge is 0.315 e. The summed E-state index contributed by atoms with van der Waals surface area (Å²) in [6, 6.07) is -0.111. The second kappa shape index (κ2) is 5.57. The van der Waals surface area contributed by atoms with Gasteiger partial charge in [0.25, 0.3) is 0 Å². The Labute approximate surface area is 130 Å². The number of carbonyl (C=O) groups is 1. The quantitative estimate of drug-likeness (QED) is 0.898. The van der Waals surface area contributed by atoms with E-state index in [1.165, 1.54) is 0 Å². The SMILES string of the molecule is CO[C@]1(C)C[C@H](NC(=O)N[C@H](C)c2nc(C)cs2)C1(C)C. The van der Waals surface area contributed by atoms with Crippen molar-refractivity contribution >= 4 is 17.4 Å². The molecule has 1 saturated carbocycles. The molecule has 1 fully saturated rings. The number of nitrogens with zero attached hydrogens (tertiary/aromatic N) is 1. The van der Waals surface area contributed by atoms with Gasteiger partial charge in [-0.1, -0.05) is 13.8 Å². The lowest BCUT2D eigenvalue weighted by Gasteiger charge is -2.59. The second-order valence-electron chi connectivity index (χ2n) is 6.58. The van der Waals surface area contributed by atoms with Gasteiger partial charge < -0.3 is 15.4 Å². The summed E-state index contributed by atoms with van der Waals surface area (Å²) in [5.74, 6) is 0. The van der Waals surface area contributed by atoms with Gasteiger partial charge in [0, 0.05) is 29.6 Å². The molecule has 3 atom stereocenters. The highest BCUT2D eigenvalue weighted by Gasteiger charge is 2.58. The fourth-order valence-electron chi connectivity index (χ4n) is 2.75. The van der Waals surface area contributed by atoms with Crippen molar-refractivity contribution in [2.24, 2.45) is 5.41 Å². The predicted molar refractivity (Wildman–Crippen MR) is 84.5 cm³/mol. The fourth-order valence-corrected chi connectivity index (χ4v) is 3.56. The standard InChI is InChI=1S/C15H25N3O2S/c1-9-8-21-12(16-9)10(2)17-13(19)18-11-7-15(5,20-6)14(11,3)4/h8,10-11H,7H2,1-6H3,(H2,17,18,19)/t10-,11+,15-/m1/s1. The van der Waals surface area contributed by atoms with Gasteiger partial charge in [-0.2, -0.15) is 0 Å². The van der Waals surface area contributed by atoms with Crippen molar-refractivity contribution in [3.8, 4) is 0 Å². The summed E-state index contributed by atoms with van der Waals surface area (Å²) in [6.45, 7) is 10.2. The van der Waals surface area contributed by atoms with E-state index in [1.807, 2.05) is 19.2 Å². The summed E-state index contributed by atoms with van der Waals surface area (Å²) in [7, 11) is 1.73. The maximum atomic E-state index is 12.1. The number of hydrogen-bond donors (Lipinski definition) is 2. The number of carbonyl (C=O) groups excluding carboxylic acids is 1. The molecule has 2 N–H and O–H groups in total. The number of ether oxygens (including phenoxy) is 1. The minimum Gasteiger partial charge on any atom is -0.378 e. The van der Waals surface area contributed by atoms with Gasteiger partial charge in [0.2, 0.25) is 0 Å². The number of aryl methyl sites for hydroxylation is 1. The van der Waals surface area contributed by atoms with Gasteiger partial charge in [-0.15, -0.1) is 11.3 Å². The van der Waals surface area contributed by atoms with Crippen LogP contribution in [0.3, 0.4) is 0 Å². The van der Waals surface area contributed by atoms with Crippen LogP contribution in [0.15, 0.2) is 5.38 Å². The summed E-state index contributed by atoms with van der Waals surface area (Å²) in [6.07, 6.45) is 0.828. The normalized spacial score (nSPS) is 28.6. The van der Waals surface area contributed by atoms with E-state index in [9.17, 15) is 4.79 Å². The zero-order chi connectivity index (χ0) is 15.8. The van der Waals surface area contributed by atoms with E-state index >= 15 is 0 Å². The molecule has 0 aliphatic heterocycles. The Morgan fingerprint density at radius 3 is 2.67 bits per heavy atom. The molecule has 118 valence electrons. The van der Waals surface area contributed by atoms with Gasteiger partial charge in [-0.05, 0) is 27.2 Å². The molecular weight excluding hydrogens is 286 g/mol. The van der Waals surface area contributed by atoms with Crippen molar-refractivity contribution in [3.05, 3.63) is 16.1 Å². The van der Waals surface area contributed by atoms with Crippen LogP contribution >= 0.6 is 11.3 Å². The van der Waals surface area contributed by atoms with Crippen molar-refractivity contribution in [2.75, 3.05) is 7.11 Å². The maximum absolute atomic E-state index is 12.1. The Bertz CT molecular complexity index is 529. The molecular formula is C15H25N3O2S. The average Bonchev–Trinajstić information content (AvgIpc) is 2.84. The number of aromatic nitrogens is 1. The molecule has 0 saturated heterocycles. The molecule has 2 rings (SSSR count). The van der Waals surface area contributed by atoms with E-state index in [1.54, 1.807) is 18.4 Å². The van der Waals surface area contributed by atoms with E-state index in [0.717, 1.165) is 17.1 Å². The van der Waals surface area contributed by atoms with E-state index in [0.29, 0.717) is 0 Å². The highest BCUT2D eigenvalue weighted by atomic mass is 32.1. The largest absolute Gasteiger partial charge is 0.378 e. The molecule has 6 heteroatoms. The first-order valence-electron chi connectivity index (χ1n) is 7.24. The zero-order valence-electron chi connectivity index (χ0n) is 13.6. The molecule has 1 aromatic heterocycles. The van der Waals surface area contributed by atoms with Crippen LogP contribution in [0.4, 0.5) is 4.79 Å². The van der Waals surface area contributed by atoms with Gasteiger partial charge in [0.15, 0.2) is 0 Å². The van der Waals surface area contributed by atoms with Gasteiger partial charge in [0.1, 0.15) is 5.01 Å². The average molecular weight is 311 g/mol. The van der Waals surface area contributed by atoms with E-state index in [-0.39, 0.29) is 29.1 Å². The Kier molecular flexibility index (Phi) is 4.31. The molecule has 1 aliphatic rings. The molecule has 0 aromatic carbocycles. The van der Waals surface area contributed by atoms with Crippen LogP contribution in [0.5, 0.6) is 0 Å². The number of nitrogens with one attached hydrogen (secondary N) is 2. The Morgan fingerprint density at radius 1 is 1.52 bits per heavy atom. The lowest BCUT2D eigenvalue weighted by molar-refractivity contribution is -0.177. The summed E-state index contributed by atoms with van der Waals surface area (Å²) in [5, 5.41) is 8.92. The fraction of sp³-hybridized carbons (Fsp3) is 0.733. The molecule has 2 amide bonds. The van der Waals surface area contributed by atoms with Crippen LogP contribution in [-0.2, 0) is 4.74 Å². The lowest BCUT2D eigenvalue weighted by Crippen LogP contribution is -2.69. The van der Waals surface area contributed by atoms with Crippen molar-refractivity contribution in [1.29, 1.82) is 0 Å². The number of thiazole rings is 1. The summed E-state index contributed by atoms with van der Waals surface area (Å²) < 4.78 is 5.57. The maximum Gasteiger partial charge on any atom is 0.315 e. The number of urea groups is 1. The number of amides is 2. The van der Waals surface area contributed by atoms with E-state index in [2.05, 4.69) is 36.4 Å². The first-order chi connectivity index (χ1) is 9.69. The summed E-state index contributed by atoms with van der Waals surface area (Å²) >= 11 is 1.57. The van der Waals surface area contributed by atoms with Crippen LogP contribution in [-0.4, -0.2) is 29.8 Å². The van der Waals surface area contributed by atoms with Gasteiger partial charge >= 0.3 is 6.03 Å². The van der Waals surface area contributed by atoms with Crippen LogP contribution in [0.2, 0.25) is 0 Å². The number of rotatable bonds is 4. The van der Waals surface area contributed by atoms with Crippen LogP contribution in [0.25, 0.3) is 0 Å². The minimum absolute atomic E-state index is 0.0827. The number of hydrogen-bond acceptors (Lipinski definition) is 4. The molecule has 1 aromatic rings. The molecule has 0 spiro atoms. The predicted octanol–water partition coefficient (Wildman–Crippen LogP) is 3.02. The summed E-state index contributed by atoms with van der Waals surface area (Å²) in [4.78, 5) is 16.5. The zero-order valence-corrected chi connectivity index (χ0v) is 14.4. The van der Waals surface area contributed by atoms with Crippen molar-refractivity contribution in [1.82, 2.24) is 15.6 Å². The van der Waals surface area contributed by atoms with Crippen molar-refractivity contribution in [3.63, 3.8) is 0 Å². The Balaban J connectivity index is 1.89. The van der Waals surface area contributed by atoms with E-state index < -0.39 is 0 Å². The third-order valence-corrected chi connectivity index (χ3v) is 6.08. The highest BCUT2D eigenvalue weighted by molar-refractivity contribution is 7.09. The third kappa shape index (κ3) is 2.92. The Hall–Kier alpha value is -1.14. The summed E-state index contributed by atoms with van der Waals surface area (Å²) in [5.41, 5.74) is 0.725. The third-order valence-electron chi connectivity index (χ3n) is 4.94. The van der Waals surface area contributed by atoms with Gasteiger partial charge in [0.05, 0.1) is 11.6 Å². The first kappa shape index (κ1) is 16.2. The van der Waals surface area contributed by atoms with E-state index in [4.69, 9.17) is 4.74 Å². The molecule has 21 heavy (non-hydrogen) atoms. The Morgan fingerprint density at radius 2 is 2.19 bits per heavy atom. The highest BCUT2D eigenvalue weighted by Crippen LogP contribution is 2.51. The van der Waals surface area contributed by atoms with Gasteiger partial charge in [-0.3, -0.25) is 0 Å². The van der Waals surface area contributed by atoms with Crippen molar-refractivity contribution in [2.45, 2.75) is 58.7 Å². The molecule has 1 aliphatic carbocycles. The first-order valence-corrected chi connectivity index (χ1v) is 8.12. The molecule has 0 radical (unpaired) electrons. The van der Waals surface area contributed by atoms with Crippen LogP contribution < -0.4 is 10.6 Å². The topological polar surface area (TPSA) is 63.2 Å². The van der Waals surface area contributed by atoms with Crippen LogP contribution in [0.1, 0.15) is 50.9 Å². The van der Waals surface area contributed by atoms with Crippen LogP contribution in [0, 0.1) is 12.3 Å². The molecule has 0 unspecified atom stereocenters. The monoisotopic (exact) mass is 311 g/mol. The lowest BCUT2D eigenvalue weighted by atomic mass is 9.56. The molecule has 1 heterocycles. The number of methoxy groups -OCH3 is 1. The molecule has 5 nitrogen and oxygen atoms in total. The molecule has 0 bridgehead atoms. The second-order valence-corrected chi connectivity index (χ2v) is 7.47.